The first kappa shape index (κ1) is 15.6. The van der Waals surface area contributed by atoms with Crippen molar-refractivity contribution in [2.24, 2.45) is 0 Å². The van der Waals surface area contributed by atoms with Crippen LogP contribution in [0.2, 0.25) is 0 Å². The number of anilines is 1. The summed E-state index contributed by atoms with van der Waals surface area (Å²) in [6.45, 7) is 3.57. The van der Waals surface area contributed by atoms with Crippen LogP contribution in [-0.2, 0) is 0 Å². The van der Waals surface area contributed by atoms with Crippen LogP contribution in [0.5, 0.6) is 11.6 Å². The molecule has 0 aliphatic carbocycles. The van der Waals surface area contributed by atoms with Gasteiger partial charge in [-0.25, -0.2) is 4.98 Å². The Balaban J connectivity index is 1.59. The van der Waals surface area contributed by atoms with Gasteiger partial charge in [-0.05, 0) is 48.7 Å². The van der Waals surface area contributed by atoms with Crippen molar-refractivity contribution in [2.45, 2.75) is 19.8 Å². The lowest BCUT2D eigenvalue weighted by molar-refractivity contribution is 0.101. The molecule has 0 N–H and O–H groups in total. The van der Waals surface area contributed by atoms with Gasteiger partial charge in [-0.15, -0.1) is 0 Å². The van der Waals surface area contributed by atoms with Crippen LogP contribution in [0.15, 0.2) is 48.7 Å². The fraction of sp³-hybridized carbons (Fsp3) is 0.250. The molecule has 0 saturated carbocycles. The van der Waals surface area contributed by atoms with Gasteiger partial charge in [-0.1, -0.05) is 18.2 Å². The number of ketones is 1. The van der Waals surface area contributed by atoms with Crippen LogP contribution in [0.25, 0.3) is 10.8 Å². The number of ether oxygens (including phenoxy) is 1. The molecule has 1 aromatic heterocycles. The van der Waals surface area contributed by atoms with E-state index in [-0.39, 0.29) is 5.78 Å². The van der Waals surface area contributed by atoms with Gasteiger partial charge in [0.25, 0.3) is 0 Å². The Labute approximate surface area is 146 Å². The van der Waals surface area contributed by atoms with Crippen LogP contribution in [0.3, 0.4) is 0 Å². The summed E-state index contributed by atoms with van der Waals surface area (Å²) in [5, 5.41) is 2.04. The van der Waals surface area contributed by atoms with E-state index in [1.807, 2.05) is 36.4 Å². The second-order valence-corrected chi connectivity index (χ2v) is 6.27. The Morgan fingerprint density at radius 1 is 1.04 bits per heavy atom. The zero-order valence-electron chi connectivity index (χ0n) is 14.1. The molecule has 0 unspecified atom stereocenters. The molecule has 0 spiro atoms. The monoisotopic (exact) mass is 333 g/mol. The number of carbonyl (C=O) groups excluding carboxylic acids is 1. The van der Waals surface area contributed by atoms with Crippen molar-refractivity contribution >= 4 is 22.5 Å². The van der Waals surface area contributed by atoms with Gasteiger partial charge in [-0.3, -0.25) is 4.79 Å². The van der Waals surface area contributed by atoms with Gasteiger partial charge in [0.2, 0.25) is 11.8 Å². The van der Waals surface area contributed by atoms with Crippen molar-refractivity contribution < 1.29 is 9.53 Å². The summed E-state index contributed by atoms with van der Waals surface area (Å²) in [6, 6.07) is 13.2. The zero-order valence-corrected chi connectivity index (χ0v) is 14.1. The summed E-state index contributed by atoms with van der Waals surface area (Å²) in [4.78, 5) is 22.5. The standard InChI is InChI=1S/C20H19N3O2/c1-14(24)15-4-5-17-13-18(7-6-16(17)12-15)25-19-8-9-21-20(22-19)23-10-2-3-11-23/h4-9,12-13H,2-3,10-11H2,1H3. The summed E-state index contributed by atoms with van der Waals surface area (Å²) in [6.07, 6.45) is 4.10. The van der Waals surface area contributed by atoms with Crippen LogP contribution in [0.1, 0.15) is 30.1 Å². The maximum atomic E-state index is 11.5. The van der Waals surface area contributed by atoms with Crippen molar-refractivity contribution in [3.63, 3.8) is 0 Å². The number of nitrogens with zero attached hydrogens (tertiary/aromatic N) is 3. The van der Waals surface area contributed by atoms with E-state index in [4.69, 9.17) is 4.74 Å². The van der Waals surface area contributed by atoms with Crippen molar-refractivity contribution in [1.29, 1.82) is 0 Å². The van der Waals surface area contributed by atoms with Gasteiger partial charge in [0.15, 0.2) is 5.78 Å². The molecule has 0 bridgehead atoms. The maximum Gasteiger partial charge on any atom is 0.228 e. The van der Waals surface area contributed by atoms with Crippen LogP contribution in [-0.4, -0.2) is 28.8 Å². The number of rotatable bonds is 4. The minimum Gasteiger partial charge on any atom is -0.439 e. The topological polar surface area (TPSA) is 55.3 Å². The molecular weight excluding hydrogens is 314 g/mol. The second kappa shape index (κ2) is 6.51. The van der Waals surface area contributed by atoms with E-state index in [9.17, 15) is 4.79 Å². The predicted molar refractivity (Wildman–Crippen MR) is 97.5 cm³/mol. The summed E-state index contributed by atoms with van der Waals surface area (Å²) in [7, 11) is 0. The van der Waals surface area contributed by atoms with E-state index >= 15 is 0 Å². The number of benzene rings is 2. The normalized spacial score (nSPS) is 14.0. The van der Waals surface area contributed by atoms with E-state index in [1.54, 1.807) is 19.2 Å². The largest absolute Gasteiger partial charge is 0.439 e. The lowest BCUT2D eigenvalue weighted by atomic mass is 10.0. The molecule has 0 radical (unpaired) electrons. The van der Waals surface area contributed by atoms with Gasteiger partial charge < -0.3 is 9.64 Å². The SMILES string of the molecule is CC(=O)c1ccc2cc(Oc3ccnc(N4CCCC4)n3)ccc2c1. The Bertz CT molecular complexity index is 933. The summed E-state index contributed by atoms with van der Waals surface area (Å²) < 4.78 is 5.92. The molecule has 126 valence electrons. The third kappa shape index (κ3) is 3.31. The Hall–Kier alpha value is -2.95. The van der Waals surface area contributed by atoms with Gasteiger partial charge in [-0.2, -0.15) is 4.98 Å². The molecule has 3 aromatic rings. The molecular formula is C20H19N3O2. The number of hydrogen-bond acceptors (Lipinski definition) is 5. The fourth-order valence-electron chi connectivity index (χ4n) is 3.09. The molecule has 1 aliphatic heterocycles. The summed E-state index contributed by atoms with van der Waals surface area (Å²) in [5.74, 6) is 2.05. The molecule has 5 nitrogen and oxygen atoms in total. The third-order valence-electron chi connectivity index (χ3n) is 4.45. The van der Waals surface area contributed by atoms with Crippen molar-refractivity contribution in [3.05, 3.63) is 54.2 Å². The molecule has 1 saturated heterocycles. The third-order valence-corrected chi connectivity index (χ3v) is 4.45. The Morgan fingerprint density at radius 3 is 2.60 bits per heavy atom. The van der Waals surface area contributed by atoms with Crippen molar-refractivity contribution in [1.82, 2.24) is 9.97 Å². The van der Waals surface area contributed by atoms with Crippen LogP contribution < -0.4 is 9.64 Å². The van der Waals surface area contributed by atoms with E-state index < -0.39 is 0 Å². The average Bonchev–Trinajstić information content (AvgIpc) is 3.16. The molecule has 4 rings (SSSR count). The average molecular weight is 333 g/mol. The predicted octanol–water partition coefficient (Wildman–Crippen LogP) is 4.22. The first-order chi connectivity index (χ1) is 12.2. The Kier molecular flexibility index (Phi) is 4.06. The highest BCUT2D eigenvalue weighted by atomic mass is 16.5. The number of hydrogen-bond donors (Lipinski definition) is 0. The fourth-order valence-corrected chi connectivity index (χ4v) is 3.09. The van der Waals surface area contributed by atoms with Crippen LogP contribution >= 0.6 is 0 Å². The quantitative estimate of drug-likeness (QED) is 0.669. The zero-order chi connectivity index (χ0) is 17.2. The van der Waals surface area contributed by atoms with Gasteiger partial charge in [0.1, 0.15) is 5.75 Å². The highest BCUT2D eigenvalue weighted by Crippen LogP contribution is 2.26. The van der Waals surface area contributed by atoms with Gasteiger partial charge >= 0.3 is 0 Å². The number of aromatic nitrogens is 2. The maximum absolute atomic E-state index is 11.5. The van der Waals surface area contributed by atoms with Crippen LogP contribution in [0, 0.1) is 0 Å². The number of fused-ring (bicyclic) bond motifs is 1. The second-order valence-electron chi connectivity index (χ2n) is 6.27. The van der Waals surface area contributed by atoms with Crippen molar-refractivity contribution in [2.75, 3.05) is 18.0 Å². The molecule has 2 heterocycles. The highest BCUT2D eigenvalue weighted by Gasteiger charge is 2.15. The molecule has 25 heavy (non-hydrogen) atoms. The number of Topliss-reactive ketones (excluding diaryl/α,β-unsaturated/α-hetero) is 1. The molecule has 5 heteroatoms. The Morgan fingerprint density at radius 2 is 1.80 bits per heavy atom. The minimum atomic E-state index is 0.0673. The lowest BCUT2D eigenvalue weighted by Gasteiger charge is -2.15. The van der Waals surface area contributed by atoms with E-state index in [0.29, 0.717) is 17.2 Å². The minimum absolute atomic E-state index is 0.0673. The van der Waals surface area contributed by atoms with Gasteiger partial charge in [0.05, 0.1) is 0 Å². The first-order valence-corrected chi connectivity index (χ1v) is 8.50. The van der Waals surface area contributed by atoms with E-state index in [0.717, 1.165) is 29.8 Å². The smallest absolute Gasteiger partial charge is 0.228 e. The lowest BCUT2D eigenvalue weighted by Crippen LogP contribution is -2.20. The van der Waals surface area contributed by atoms with E-state index in [1.165, 1.54) is 12.8 Å². The molecule has 2 aromatic carbocycles. The van der Waals surface area contributed by atoms with Crippen LogP contribution in [0.4, 0.5) is 5.95 Å². The van der Waals surface area contributed by atoms with Crippen molar-refractivity contribution in [3.8, 4) is 11.6 Å². The first-order valence-electron chi connectivity index (χ1n) is 8.50. The summed E-state index contributed by atoms with van der Waals surface area (Å²) >= 11 is 0. The number of carbonyl (C=O) groups is 1. The van der Waals surface area contributed by atoms with E-state index in [2.05, 4.69) is 14.9 Å². The molecule has 1 fully saturated rings. The molecule has 0 atom stereocenters. The highest BCUT2D eigenvalue weighted by molar-refractivity contribution is 5.98. The molecule has 1 aliphatic rings. The summed E-state index contributed by atoms with van der Waals surface area (Å²) in [5.41, 5.74) is 0.715. The van der Waals surface area contributed by atoms with Gasteiger partial charge in [0, 0.05) is 30.9 Å². The molecule has 0 amide bonds.